The van der Waals surface area contributed by atoms with Crippen molar-refractivity contribution in [2.75, 3.05) is 0 Å². The Labute approximate surface area is 119 Å². The third-order valence-corrected chi connectivity index (χ3v) is 5.35. The molecule has 18 heavy (non-hydrogen) atoms. The number of rotatable bonds is 14. The summed E-state index contributed by atoms with van der Waals surface area (Å²) in [6.07, 6.45) is 14.2. The van der Waals surface area contributed by atoms with E-state index in [1.165, 1.54) is 69.5 Å². The Kier molecular flexibility index (Phi) is 15.0. The first-order chi connectivity index (χ1) is 8.77. The van der Waals surface area contributed by atoms with E-state index in [2.05, 4.69) is 6.92 Å². The first kappa shape index (κ1) is 18.0. The van der Waals surface area contributed by atoms with Gasteiger partial charge >= 0.3 is 119 Å². The molecule has 0 aromatic heterocycles. The summed E-state index contributed by atoms with van der Waals surface area (Å²) in [5, 5.41) is 10.7. The fourth-order valence-corrected chi connectivity index (χ4v) is 3.91. The molecule has 0 saturated carbocycles. The average molecular weight is 321 g/mol. The van der Waals surface area contributed by atoms with Gasteiger partial charge in [-0.3, -0.25) is 0 Å². The molecule has 0 aromatic rings. The van der Waals surface area contributed by atoms with Crippen LogP contribution in [0.15, 0.2) is 0 Å². The van der Waals surface area contributed by atoms with Gasteiger partial charge in [-0.05, 0) is 0 Å². The Bertz CT molecular complexity index is 183. The minimum atomic E-state index is -0.639. The van der Waals surface area contributed by atoms with Crippen molar-refractivity contribution in [1.29, 1.82) is 0 Å². The van der Waals surface area contributed by atoms with E-state index < -0.39 is 5.97 Å². The van der Waals surface area contributed by atoms with Crippen LogP contribution in [0.5, 0.6) is 0 Å². The molecular formula is C15H30O2Se. The number of unbranched alkanes of at least 4 members (excludes halogenated alkanes) is 9. The second kappa shape index (κ2) is 15.0. The van der Waals surface area contributed by atoms with E-state index in [0.717, 1.165) is 5.32 Å². The first-order valence-electron chi connectivity index (χ1n) is 7.57. The molecule has 0 aliphatic heterocycles. The van der Waals surface area contributed by atoms with Gasteiger partial charge in [0.05, 0.1) is 0 Å². The van der Waals surface area contributed by atoms with E-state index in [0.29, 0.717) is 21.4 Å². The second-order valence-electron chi connectivity index (χ2n) is 4.94. The molecule has 0 radical (unpaired) electrons. The molecule has 108 valence electrons. The van der Waals surface area contributed by atoms with E-state index in [4.69, 9.17) is 5.11 Å². The molecule has 0 fully saturated rings. The Morgan fingerprint density at radius 2 is 1.33 bits per heavy atom. The van der Waals surface area contributed by atoms with Gasteiger partial charge in [0.1, 0.15) is 0 Å². The number of hydrogen-bond acceptors (Lipinski definition) is 1. The van der Waals surface area contributed by atoms with Gasteiger partial charge in [-0.1, -0.05) is 0 Å². The Morgan fingerprint density at radius 3 is 1.83 bits per heavy atom. The second-order valence-corrected chi connectivity index (χ2v) is 7.51. The maximum atomic E-state index is 10.3. The van der Waals surface area contributed by atoms with Crippen LogP contribution < -0.4 is 0 Å². The van der Waals surface area contributed by atoms with Crippen LogP contribution in [0.3, 0.4) is 0 Å². The zero-order chi connectivity index (χ0) is 13.5. The summed E-state index contributed by atoms with van der Waals surface area (Å²) in [5.74, 6) is -0.639. The summed E-state index contributed by atoms with van der Waals surface area (Å²) >= 11 is 0.568. The molecule has 0 atom stereocenters. The van der Waals surface area contributed by atoms with Crippen LogP contribution in [0.4, 0.5) is 0 Å². The number of carboxylic acids is 1. The molecule has 0 unspecified atom stereocenters. The number of carboxylic acid groups (broad SMARTS) is 1. The predicted molar refractivity (Wildman–Crippen MR) is 79.5 cm³/mol. The summed E-state index contributed by atoms with van der Waals surface area (Å²) in [6.45, 7) is 2.26. The average Bonchev–Trinajstić information content (AvgIpc) is 2.34. The molecule has 0 aliphatic carbocycles. The van der Waals surface area contributed by atoms with Crippen LogP contribution in [-0.2, 0) is 4.79 Å². The maximum absolute atomic E-state index is 10.3. The minimum absolute atomic E-state index is 0.373. The topological polar surface area (TPSA) is 37.3 Å². The van der Waals surface area contributed by atoms with Gasteiger partial charge in [0.15, 0.2) is 0 Å². The van der Waals surface area contributed by atoms with Crippen molar-refractivity contribution >= 4 is 20.9 Å². The van der Waals surface area contributed by atoms with Gasteiger partial charge < -0.3 is 0 Å². The SMILES string of the molecule is CCCCCCCCCCCC[Se]CCC(=O)O. The van der Waals surface area contributed by atoms with Crippen LogP contribution in [0.25, 0.3) is 0 Å². The molecular weight excluding hydrogens is 291 g/mol. The molecule has 2 nitrogen and oxygen atoms in total. The third-order valence-electron chi connectivity index (χ3n) is 3.10. The normalized spacial score (nSPS) is 10.7. The van der Waals surface area contributed by atoms with Gasteiger partial charge in [0.2, 0.25) is 0 Å². The number of hydrogen-bond donors (Lipinski definition) is 1. The summed E-state index contributed by atoms with van der Waals surface area (Å²) in [6, 6.07) is 0. The van der Waals surface area contributed by atoms with E-state index in [1.54, 1.807) is 0 Å². The summed E-state index contributed by atoms with van der Waals surface area (Å²) < 4.78 is 0. The Balaban J connectivity index is 2.92. The molecule has 0 heterocycles. The van der Waals surface area contributed by atoms with Crippen molar-refractivity contribution < 1.29 is 9.90 Å². The Morgan fingerprint density at radius 1 is 0.833 bits per heavy atom. The first-order valence-corrected chi connectivity index (χ1v) is 9.99. The van der Waals surface area contributed by atoms with Gasteiger partial charge in [0.25, 0.3) is 0 Å². The molecule has 3 heteroatoms. The molecule has 1 N–H and O–H groups in total. The van der Waals surface area contributed by atoms with E-state index >= 15 is 0 Å². The molecule has 0 spiro atoms. The zero-order valence-electron chi connectivity index (χ0n) is 12.0. The van der Waals surface area contributed by atoms with Crippen molar-refractivity contribution in [2.45, 2.75) is 88.2 Å². The van der Waals surface area contributed by atoms with E-state index in [1.807, 2.05) is 0 Å². The van der Waals surface area contributed by atoms with Gasteiger partial charge in [-0.25, -0.2) is 0 Å². The predicted octanol–water partition coefficient (Wildman–Crippen LogP) is 4.92. The van der Waals surface area contributed by atoms with Crippen LogP contribution in [-0.4, -0.2) is 26.0 Å². The zero-order valence-corrected chi connectivity index (χ0v) is 13.7. The summed E-state index contributed by atoms with van der Waals surface area (Å²) in [7, 11) is 0. The molecule has 0 aromatic carbocycles. The van der Waals surface area contributed by atoms with Crippen molar-refractivity contribution in [3.05, 3.63) is 0 Å². The molecule has 0 rings (SSSR count). The summed E-state index contributed by atoms with van der Waals surface area (Å²) in [4.78, 5) is 10.3. The van der Waals surface area contributed by atoms with Crippen LogP contribution in [0, 0.1) is 0 Å². The van der Waals surface area contributed by atoms with Crippen LogP contribution in [0.2, 0.25) is 10.6 Å². The van der Waals surface area contributed by atoms with Crippen molar-refractivity contribution in [3.63, 3.8) is 0 Å². The summed E-state index contributed by atoms with van der Waals surface area (Å²) in [5.41, 5.74) is 0. The monoisotopic (exact) mass is 322 g/mol. The van der Waals surface area contributed by atoms with Gasteiger partial charge in [-0.2, -0.15) is 0 Å². The van der Waals surface area contributed by atoms with E-state index in [9.17, 15) is 4.79 Å². The van der Waals surface area contributed by atoms with Crippen molar-refractivity contribution in [1.82, 2.24) is 0 Å². The Hall–Kier alpha value is -0.0105. The number of aliphatic carboxylic acids is 1. The van der Waals surface area contributed by atoms with Crippen LogP contribution in [0.1, 0.15) is 77.6 Å². The van der Waals surface area contributed by atoms with E-state index in [-0.39, 0.29) is 0 Å². The fraction of sp³-hybridized carbons (Fsp3) is 0.933. The molecule has 0 aliphatic rings. The van der Waals surface area contributed by atoms with Crippen molar-refractivity contribution in [3.8, 4) is 0 Å². The quantitative estimate of drug-likeness (QED) is 0.364. The molecule has 0 bridgehead atoms. The fourth-order valence-electron chi connectivity index (χ4n) is 1.95. The van der Waals surface area contributed by atoms with Crippen LogP contribution >= 0.6 is 0 Å². The number of carbonyl (C=O) groups is 1. The molecule has 0 amide bonds. The molecule has 0 saturated heterocycles. The van der Waals surface area contributed by atoms with Gasteiger partial charge in [0, 0.05) is 0 Å². The van der Waals surface area contributed by atoms with Crippen molar-refractivity contribution in [2.24, 2.45) is 0 Å². The standard InChI is InChI=1S/C15H30O2Se/c1-2-3-4-5-6-7-8-9-10-11-13-18-14-12-15(16)17/h2-14H2,1H3,(H,16,17). The third kappa shape index (κ3) is 16.0. The van der Waals surface area contributed by atoms with Gasteiger partial charge in [-0.15, -0.1) is 0 Å².